The zero-order chi connectivity index (χ0) is 10.6. The Balaban J connectivity index is 2.92. The predicted octanol–water partition coefficient (Wildman–Crippen LogP) is -0.704. The molecular weight excluding hydrogens is 184 g/mol. The van der Waals surface area contributed by atoms with E-state index in [4.69, 9.17) is 20.3 Å². The molecule has 0 aromatic rings. The summed E-state index contributed by atoms with van der Waals surface area (Å²) < 4.78 is 10.3. The van der Waals surface area contributed by atoms with Gasteiger partial charge in [0.25, 0.3) is 0 Å². The summed E-state index contributed by atoms with van der Waals surface area (Å²) in [7, 11) is 0. The summed E-state index contributed by atoms with van der Waals surface area (Å²) in [4.78, 5) is 0. The van der Waals surface area contributed by atoms with Gasteiger partial charge in [-0.2, -0.15) is 0 Å². The maximum absolute atomic E-state index is 9.13. The van der Waals surface area contributed by atoms with E-state index in [9.17, 15) is 0 Å². The van der Waals surface area contributed by atoms with Crippen molar-refractivity contribution < 1.29 is 14.6 Å². The van der Waals surface area contributed by atoms with Crippen molar-refractivity contribution in [3.63, 3.8) is 0 Å². The molecule has 0 aromatic heterocycles. The Labute approximate surface area is 85.6 Å². The van der Waals surface area contributed by atoms with Crippen LogP contribution in [0.25, 0.3) is 0 Å². The number of aliphatic hydroxyl groups excluding tert-OH is 1. The highest BCUT2D eigenvalue weighted by Crippen LogP contribution is 1.83. The molecule has 0 rings (SSSR count). The fraction of sp³-hybridized carbons (Fsp3) is 1.00. The molecule has 14 heavy (non-hydrogen) atoms. The molecule has 5 nitrogen and oxygen atoms in total. The number of nitrogens with two attached hydrogens (primary N) is 1. The largest absolute Gasteiger partial charge is 0.379 e. The van der Waals surface area contributed by atoms with E-state index in [2.05, 4.69) is 5.32 Å². The lowest BCUT2D eigenvalue weighted by Gasteiger charge is -2.10. The van der Waals surface area contributed by atoms with Gasteiger partial charge in [0, 0.05) is 13.1 Å². The van der Waals surface area contributed by atoms with Crippen LogP contribution >= 0.6 is 0 Å². The van der Waals surface area contributed by atoms with Crippen molar-refractivity contribution >= 4 is 0 Å². The zero-order valence-electron chi connectivity index (χ0n) is 8.87. The summed E-state index contributed by atoms with van der Waals surface area (Å²) in [6.07, 6.45) is 0.284. The summed E-state index contributed by atoms with van der Waals surface area (Å²) >= 11 is 0. The third-order valence-electron chi connectivity index (χ3n) is 1.65. The number of ether oxygens (including phenoxy) is 2. The first-order valence-corrected chi connectivity index (χ1v) is 5.08. The SMILES string of the molecule is CCC(O)NCCOCCOCCN. The second-order valence-electron chi connectivity index (χ2n) is 2.89. The summed E-state index contributed by atoms with van der Waals surface area (Å²) in [5.74, 6) is 0. The Morgan fingerprint density at radius 2 is 1.86 bits per heavy atom. The van der Waals surface area contributed by atoms with Crippen molar-refractivity contribution in [2.45, 2.75) is 19.6 Å². The van der Waals surface area contributed by atoms with E-state index < -0.39 is 6.23 Å². The monoisotopic (exact) mass is 206 g/mol. The van der Waals surface area contributed by atoms with Crippen LogP contribution in [0.15, 0.2) is 0 Å². The number of hydrogen-bond acceptors (Lipinski definition) is 5. The minimum atomic E-state index is -0.424. The van der Waals surface area contributed by atoms with Crippen LogP contribution in [-0.2, 0) is 9.47 Å². The molecular formula is C9H22N2O3. The van der Waals surface area contributed by atoms with Crippen LogP contribution in [0.5, 0.6) is 0 Å². The average molecular weight is 206 g/mol. The van der Waals surface area contributed by atoms with Crippen molar-refractivity contribution in [1.29, 1.82) is 0 Å². The third kappa shape index (κ3) is 9.88. The van der Waals surface area contributed by atoms with Gasteiger partial charge in [0.15, 0.2) is 0 Å². The van der Waals surface area contributed by atoms with Crippen LogP contribution in [0.1, 0.15) is 13.3 Å². The molecule has 4 N–H and O–H groups in total. The van der Waals surface area contributed by atoms with Gasteiger partial charge in [-0.3, -0.25) is 5.32 Å². The maximum Gasteiger partial charge on any atom is 0.104 e. The molecule has 0 bridgehead atoms. The van der Waals surface area contributed by atoms with E-state index in [0.29, 0.717) is 45.9 Å². The number of aliphatic hydroxyl groups is 1. The zero-order valence-corrected chi connectivity index (χ0v) is 8.87. The molecule has 0 aliphatic rings. The van der Waals surface area contributed by atoms with Gasteiger partial charge >= 0.3 is 0 Å². The first-order chi connectivity index (χ1) is 6.81. The molecule has 5 heteroatoms. The van der Waals surface area contributed by atoms with Gasteiger partial charge in [-0.1, -0.05) is 6.92 Å². The Morgan fingerprint density at radius 3 is 2.43 bits per heavy atom. The standard InChI is InChI=1S/C9H22N2O3/c1-2-9(12)11-4-6-14-8-7-13-5-3-10/h9,11-12H,2-8,10H2,1H3. The fourth-order valence-corrected chi connectivity index (χ4v) is 0.847. The first-order valence-electron chi connectivity index (χ1n) is 5.08. The Hall–Kier alpha value is -0.200. The normalized spacial score (nSPS) is 13.1. The lowest BCUT2D eigenvalue weighted by atomic mass is 10.4. The summed E-state index contributed by atoms with van der Waals surface area (Å²) in [5, 5.41) is 12.0. The second kappa shape index (κ2) is 10.9. The quantitative estimate of drug-likeness (QED) is 0.325. The van der Waals surface area contributed by atoms with Gasteiger partial charge in [-0.15, -0.1) is 0 Å². The molecule has 0 saturated heterocycles. The van der Waals surface area contributed by atoms with Gasteiger partial charge in [0.1, 0.15) is 6.23 Å². The highest BCUT2D eigenvalue weighted by molar-refractivity contribution is 4.48. The smallest absolute Gasteiger partial charge is 0.104 e. The lowest BCUT2D eigenvalue weighted by Crippen LogP contribution is -2.31. The lowest BCUT2D eigenvalue weighted by molar-refractivity contribution is 0.0450. The van der Waals surface area contributed by atoms with Gasteiger partial charge in [0.2, 0.25) is 0 Å². The van der Waals surface area contributed by atoms with E-state index in [1.807, 2.05) is 6.92 Å². The summed E-state index contributed by atoms with van der Waals surface area (Å²) in [6.45, 7) is 5.44. The summed E-state index contributed by atoms with van der Waals surface area (Å²) in [5.41, 5.74) is 5.24. The van der Waals surface area contributed by atoms with Gasteiger partial charge in [-0.25, -0.2) is 0 Å². The van der Waals surface area contributed by atoms with Crippen molar-refractivity contribution in [3.05, 3.63) is 0 Å². The average Bonchev–Trinajstić information content (AvgIpc) is 2.21. The molecule has 0 fully saturated rings. The Bertz CT molecular complexity index is 114. The molecule has 0 aromatic carbocycles. The van der Waals surface area contributed by atoms with E-state index >= 15 is 0 Å². The molecule has 86 valence electrons. The predicted molar refractivity (Wildman–Crippen MR) is 55.0 cm³/mol. The van der Waals surface area contributed by atoms with Crippen LogP contribution in [0.3, 0.4) is 0 Å². The van der Waals surface area contributed by atoms with Crippen LogP contribution < -0.4 is 11.1 Å². The van der Waals surface area contributed by atoms with Crippen molar-refractivity contribution in [2.75, 3.05) is 39.5 Å². The van der Waals surface area contributed by atoms with Crippen LogP contribution in [0, 0.1) is 0 Å². The highest BCUT2D eigenvalue weighted by atomic mass is 16.5. The number of nitrogens with one attached hydrogen (secondary N) is 1. The number of hydrogen-bond donors (Lipinski definition) is 3. The fourth-order valence-electron chi connectivity index (χ4n) is 0.847. The third-order valence-corrected chi connectivity index (χ3v) is 1.65. The van der Waals surface area contributed by atoms with Gasteiger partial charge in [0.05, 0.1) is 26.4 Å². The molecule has 0 saturated carbocycles. The molecule has 0 radical (unpaired) electrons. The van der Waals surface area contributed by atoms with Crippen LogP contribution in [-0.4, -0.2) is 50.9 Å². The van der Waals surface area contributed by atoms with Crippen LogP contribution in [0.2, 0.25) is 0 Å². The molecule has 0 heterocycles. The summed E-state index contributed by atoms with van der Waals surface area (Å²) in [6, 6.07) is 0. The van der Waals surface area contributed by atoms with Gasteiger partial charge in [-0.05, 0) is 6.42 Å². The van der Waals surface area contributed by atoms with Crippen molar-refractivity contribution in [2.24, 2.45) is 5.73 Å². The van der Waals surface area contributed by atoms with E-state index in [1.165, 1.54) is 0 Å². The molecule has 1 atom stereocenters. The molecule has 0 spiro atoms. The van der Waals surface area contributed by atoms with Crippen molar-refractivity contribution in [1.82, 2.24) is 5.32 Å². The van der Waals surface area contributed by atoms with Gasteiger partial charge < -0.3 is 20.3 Å². The molecule has 1 unspecified atom stereocenters. The highest BCUT2D eigenvalue weighted by Gasteiger charge is 1.97. The molecule has 0 aliphatic heterocycles. The minimum Gasteiger partial charge on any atom is -0.379 e. The Kier molecular flexibility index (Phi) is 10.7. The topological polar surface area (TPSA) is 76.7 Å². The van der Waals surface area contributed by atoms with E-state index in [-0.39, 0.29) is 0 Å². The Morgan fingerprint density at radius 1 is 1.21 bits per heavy atom. The maximum atomic E-state index is 9.13. The second-order valence-corrected chi connectivity index (χ2v) is 2.89. The van der Waals surface area contributed by atoms with E-state index in [0.717, 1.165) is 0 Å². The minimum absolute atomic E-state index is 0.424. The van der Waals surface area contributed by atoms with E-state index in [1.54, 1.807) is 0 Å². The van der Waals surface area contributed by atoms with Crippen LogP contribution in [0.4, 0.5) is 0 Å². The molecule has 0 amide bonds. The van der Waals surface area contributed by atoms with Crippen molar-refractivity contribution in [3.8, 4) is 0 Å². The molecule has 0 aliphatic carbocycles. The first kappa shape index (κ1) is 13.8. The number of rotatable bonds is 10.